The zero-order chi connectivity index (χ0) is 29.3. The molecule has 3 aromatic carbocycles. The molecule has 208 valence electrons. The molecule has 5 aromatic rings. The van der Waals surface area contributed by atoms with Crippen LogP contribution in [0.2, 0.25) is 0 Å². The average Bonchev–Trinajstić information content (AvgIpc) is 3.69. The topological polar surface area (TPSA) is 65.0 Å². The van der Waals surface area contributed by atoms with Crippen molar-refractivity contribution >= 4 is 17.1 Å². The van der Waals surface area contributed by atoms with E-state index in [2.05, 4.69) is 9.94 Å². The molecule has 1 fully saturated rings. The summed E-state index contributed by atoms with van der Waals surface area (Å²) >= 11 is 0. The third kappa shape index (κ3) is 5.29. The molecule has 0 bridgehead atoms. The molecule has 2 heterocycles. The van der Waals surface area contributed by atoms with Gasteiger partial charge in [0.25, 0.3) is 0 Å². The minimum Gasteiger partial charge on any atom is -0.452 e. The Balaban J connectivity index is 1.20. The zero-order valence-corrected chi connectivity index (χ0v) is 22.5. The molecule has 1 saturated carbocycles. The number of Topliss-reactive ketones (excluding diaryl/α,β-unsaturated/α-hetero) is 2. The van der Waals surface area contributed by atoms with Crippen molar-refractivity contribution in [1.29, 1.82) is 0 Å². The highest BCUT2D eigenvalue weighted by Crippen LogP contribution is 2.49. The van der Waals surface area contributed by atoms with Gasteiger partial charge in [-0.15, -0.1) is 0 Å². The number of carbonyl (C=O) groups is 2. The van der Waals surface area contributed by atoms with Gasteiger partial charge in [0.05, 0.1) is 11.6 Å². The van der Waals surface area contributed by atoms with Crippen LogP contribution in [0, 0.1) is 23.6 Å². The Morgan fingerprint density at radius 1 is 0.881 bits per heavy atom. The van der Waals surface area contributed by atoms with Crippen LogP contribution in [0.1, 0.15) is 29.5 Å². The fourth-order valence-corrected chi connectivity index (χ4v) is 5.26. The Hall–Kier alpha value is -5.16. The third-order valence-electron chi connectivity index (χ3n) is 7.69. The van der Waals surface area contributed by atoms with Crippen LogP contribution in [0.4, 0.5) is 8.78 Å². The maximum atomic E-state index is 15.3. The summed E-state index contributed by atoms with van der Waals surface area (Å²) in [6, 6.07) is 21.2. The van der Waals surface area contributed by atoms with E-state index in [1.807, 2.05) is 30.3 Å². The van der Waals surface area contributed by atoms with Crippen molar-refractivity contribution in [3.63, 3.8) is 0 Å². The largest absolute Gasteiger partial charge is 0.452 e. The van der Waals surface area contributed by atoms with Gasteiger partial charge in [0.1, 0.15) is 11.3 Å². The number of halogens is 2. The first-order valence-electron chi connectivity index (χ1n) is 13.5. The molecule has 2 aromatic heterocycles. The lowest BCUT2D eigenvalue weighted by molar-refractivity contribution is -0.133. The summed E-state index contributed by atoms with van der Waals surface area (Å²) in [7, 11) is 0. The molecular weight excluding hydrogens is 536 g/mol. The van der Waals surface area contributed by atoms with Crippen LogP contribution in [0.15, 0.2) is 91.3 Å². The van der Waals surface area contributed by atoms with Crippen molar-refractivity contribution in [3.05, 3.63) is 131 Å². The maximum Gasteiger partial charge on any atom is 0.239 e. The first kappa shape index (κ1) is 27.0. The predicted octanol–water partition coefficient (Wildman–Crippen LogP) is 7.19. The zero-order valence-electron chi connectivity index (χ0n) is 22.5. The Kier molecular flexibility index (Phi) is 7.09. The van der Waals surface area contributed by atoms with Crippen LogP contribution in [0.5, 0.6) is 11.5 Å². The number of ether oxygens (including phenoxy) is 1. The van der Waals surface area contributed by atoms with E-state index in [0.29, 0.717) is 35.2 Å². The van der Waals surface area contributed by atoms with Gasteiger partial charge in [-0.2, -0.15) is 5.10 Å². The molecule has 0 atom stereocenters. The van der Waals surface area contributed by atoms with E-state index in [-0.39, 0.29) is 42.5 Å². The normalized spacial score (nSPS) is 13.5. The van der Waals surface area contributed by atoms with Gasteiger partial charge < -0.3 is 9.58 Å². The van der Waals surface area contributed by atoms with Crippen molar-refractivity contribution in [3.8, 4) is 22.6 Å². The predicted molar refractivity (Wildman–Crippen MR) is 153 cm³/mol. The molecule has 0 saturated heterocycles. The summed E-state index contributed by atoms with van der Waals surface area (Å²) in [6.07, 6.45) is 4.26. The van der Waals surface area contributed by atoms with Crippen LogP contribution in [-0.4, -0.2) is 21.2 Å². The standard InChI is InChI=1S/C34H25F2N3O3/c1-37-21-24-3-2-4-25(17-24)27-12-16-39-33(27)30(11-15-38-39)42-29-10-7-23(18-28(29)36)20-32(41)34(13-14-34)31(40)19-22-5-8-26(35)9-6-22/h2-12,15-18H,13-14,19-21H2. The quantitative estimate of drug-likeness (QED) is 0.134. The van der Waals surface area contributed by atoms with Crippen molar-refractivity contribution in [2.45, 2.75) is 32.2 Å². The number of carbonyl (C=O) groups excluding carboxylic acids is 2. The fourth-order valence-electron chi connectivity index (χ4n) is 5.26. The van der Waals surface area contributed by atoms with Gasteiger partial charge in [-0.3, -0.25) is 9.59 Å². The Morgan fingerprint density at radius 3 is 2.33 bits per heavy atom. The number of hydrogen-bond donors (Lipinski definition) is 0. The van der Waals surface area contributed by atoms with Crippen LogP contribution in [-0.2, 0) is 29.0 Å². The minimum atomic E-state index is -1.06. The SMILES string of the molecule is [C-]#[N+]Cc1cccc(-c2ccn3nccc(Oc4ccc(CC(=O)C5(C(=O)Cc6ccc(F)cc6)CC5)cc4F)c23)c1. The van der Waals surface area contributed by atoms with Crippen LogP contribution in [0.3, 0.4) is 0 Å². The lowest BCUT2D eigenvalue weighted by atomic mass is 9.88. The van der Waals surface area contributed by atoms with Crippen LogP contribution >= 0.6 is 0 Å². The molecule has 1 aliphatic rings. The average molecular weight is 562 g/mol. The van der Waals surface area contributed by atoms with Gasteiger partial charge in [0.15, 0.2) is 28.9 Å². The highest BCUT2D eigenvalue weighted by atomic mass is 19.1. The number of nitrogens with zero attached hydrogens (tertiary/aromatic N) is 3. The molecule has 0 N–H and O–H groups in total. The molecule has 0 amide bonds. The van der Waals surface area contributed by atoms with Crippen molar-refractivity contribution in [2.24, 2.45) is 5.41 Å². The summed E-state index contributed by atoms with van der Waals surface area (Å²) in [5.41, 5.74) is 3.29. The number of fused-ring (bicyclic) bond motifs is 1. The molecule has 0 radical (unpaired) electrons. The second-order valence-corrected chi connectivity index (χ2v) is 10.5. The van der Waals surface area contributed by atoms with Crippen molar-refractivity contribution < 1.29 is 23.1 Å². The number of hydrogen-bond acceptors (Lipinski definition) is 4. The van der Waals surface area contributed by atoms with E-state index in [9.17, 15) is 14.0 Å². The molecule has 0 spiro atoms. The van der Waals surface area contributed by atoms with Gasteiger partial charge in [-0.25, -0.2) is 19.9 Å². The minimum absolute atomic E-state index is 0.0123. The Labute approximate surface area is 241 Å². The third-order valence-corrected chi connectivity index (χ3v) is 7.69. The molecule has 8 heteroatoms. The van der Waals surface area contributed by atoms with E-state index in [4.69, 9.17) is 11.3 Å². The number of aromatic nitrogens is 2. The second-order valence-electron chi connectivity index (χ2n) is 10.5. The number of rotatable bonds is 10. The van der Waals surface area contributed by atoms with Crippen LogP contribution < -0.4 is 4.74 Å². The molecule has 6 nitrogen and oxygen atoms in total. The van der Waals surface area contributed by atoms with Gasteiger partial charge in [0.2, 0.25) is 6.54 Å². The van der Waals surface area contributed by atoms with E-state index in [0.717, 1.165) is 16.7 Å². The summed E-state index contributed by atoms with van der Waals surface area (Å²) in [6.45, 7) is 7.43. The first-order chi connectivity index (χ1) is 20.4. The molecule has 42 heavy (non-hydrogen) atoms. The molecule has 0 unspecified atom stereocenters. The summed E-state index contributed by atoms with van der Waals surface area (Å²) in [5, 5.41) is 4.34. The fraction of sp³-hybridized carbons (Fsp3) is 0.176. The smallest absolute Gasteiger partial charge is 0.239 e. The number of ketones is 2. The van der Waals surface area contributed by atoms with E-state index in [1.165, 1.54) is 24.3 Å². The Bertz CT molecular complexity index is 1870. The summed E-state index contributed by atoms with van der Waals surface area (Å²) < 4.78 is 36.2. The number of benzene rings is 3. The highest BCUT2D eigenvalue weighted by Gasteiger charge is 2.54. The van der Waals surface area contributed by atoms with Gasteiger partial charge in [0, 0.05) is 36.2 Å². The molecule has 0 aliphatic heterocycles. The molecule has 6 rings (SSSR count). The summed E-state index contributed by atoms with van der Waals surface area (Å²) in [5.74, 6) is -1.07. The van der Waals surface area contributed by atoms with Crippen molar-refractivity contribution in [1.82, 2.24) is 9.61 Å². The Morgan fingerprint density at radius 2 is 1.62 bits per heavy atom. The van der Waals surface area contributed by atoms with E-state index >= 15 is 4.39 Å². The maximum absolute atomic E-state index is 15.3. The first-order valence-corrected chi connectivity index (χ1v) is 13.5. The van der Waals surface area contributed by atoms with Gasteiger partial charge >= 0.3 is 0 Å². The van der Waals surface area contributed by atoms with E-state index < -0.39 is 11.2 Å². The van der Waals surface area contributed by atoms with Crippen molar-refractivity contribution in [2.75, 3.05) is 0 Å². The molecular formula is C34H25F2N3O3. The van der Waals surface area contributed by atoms with Gasteiger partial charge in [-0.1, -0.05) is 36.4 Å². The second kappa shape index (κ2) is 11.0. The highest BCUT2D eigenvalue weighted by molar-refractivity contribution is 6.11. The van der Waals surface area contributed by atoms with Gasteiger partial charge in [-0.05, 0) is 65.9 Å². The van der Waals surface area contributed by atoms with Crippen LogP contribution in [0.25, 0.3) is 21.5 Å². The monoisotopic (exact) mass is 561 g/mol. The lowest BCUT2D eigenvalue weighted by Gasteiger charge is -2.14. The molecule has 1 aliphatic carbocycles. The summed E-state index contributed by atoms with van der Waals surface area (Å²) in [4.78, 5) is 29.6. The lowest BCUT2D eigenvalue weighted by Crippen LogP contribution is -2.28. The van der Waals surface area contributed by atoms with E-state index in [1.54, 1.807) is 41.2 Å².